The first-order chi connectivity index (χ1) is 11.5. The van der Waals surface area contributed by atoms with Gasteiger partial charge in [-0.05, 0) is 43.2 Å². The fraction of sp³-hybridized carbons (Fsp3) is 0.250. The Morgan fingerprint density at radius 2 is 1.83 bits per heavy atom. The highest BCUT2D eigenvalue weighted by Gasteiger charge is 2.27. The molecule has 0 spiro atoms. The first-order valence-corrected chi connectivity index (χ1v) is 7.88. The minimum atomic E-state index is -0.0239. The molecule has 24 heavy (non-hydrogen) atoms. The molecule has 1 aliphatic heterocycles. The van der Waals surface area contributed by atoms with Crippen molar-refractivity contribution in [3.05, 3.63) is 65.2 Å². The smallest absolute Gasteiger partial charge is 0.258 e. The molecule has 0 fully saturated rings. The zero-order chi connectivity index (χ0) is 17.3. The van der Waals surface area contributed by atoms with Crippen LogP contribution in [0.15, 0.2) is 43.0 Å². The normalized spacial score (nSPS) is 13.5. The van der Waals surface area contributed by atoms with E-state index in [1.54, 1.807) is 19.1 Å². The van der Waals surface area contributed by atoms with E-state index in [0.717, 1.165) is 23.1 Å². The van der Waals surface area contributed by atoms with Gasteiger partial charge in [0.25, 0.3) is 5.91 Å². The molecule has 2 aromatic carbocycles. The van der Waals surface area contributed by atoms with Crippen LogP contribution in [0.25, 0.3) is 5.70 Å². The number of carbonyl (C=O) groups is 1. The summed E-state index contributed by atoms with van der Waals surface area (Å²) in [6.45, 7) is 6.73. The van der Waals surface area contributed by atoms with Crippen molar-refractivity contribution in [3.63, 3.8) is 0 Å². The summed E-state index contributed by atoms with van der Waals surface area (Å²) < 4.78 is 10.7. The average molecular weight is 323 g/mol. The number of ether oxygens (including phenoxy) is 2. The molecule has 3 rings (SSSR count). The van der Waals surface area contributed by atoms with Crippen molar-refractivity contribution in [1.29, 1.82) is 0 Å². The number of nitrogens with zero attached hydrogens (tertiary/aromatic N) is 1. The van der Waals surface area contributed by atoms with E-state index in [1.165, 1.54) is 0 Å². The highest BCUT2D eigenvalue weighted by molar-refractivity contribution is 6.00. The first-order valence-electron chi connectivity index (χ1n) is 7.88. The number of rotatable bonds is 3. The summed E-state index contributed by atoms with van der Waals surface area (Å²) in [4.78, 5) is 14.6. The summed E-state index contributed by atoms with van der Waals surface area (Å²) in [6, 6.07) is 11.5. The molecule has 1 heterocycles. The Morgan fingerprint density at radius 3 is 2.50 bits per heavy atom. The molecule has 124 valence electrons. The van der Waals surface area contributed by atoms with Crippen molar-refractivity contribution in [2.45, 2.75) is 13.3 Å². The van der Waals surface area contributed by atoms with Gasteiger partial charge in [-0.3, -0.25) is 4.79 Å². The van der Waals surface area contributed by atoms with E-state index in [9.17, 15) is 4.79 Å². The number of benzene rings is 2. The third-order valence-corrected chi connectivity index (χ3v) is 4.36. The van der Waals surface area contributed by atoms with Crippen molar-refractivity contribution >= 4 is 11.6 Å². The molecule has 4 nitrogen and oxygen atoms in total. The van der Waals surface area contributed by atoms with Crippen LogP contribution in [-0.4, -0.2) is 31.6 Å². The van der Waals surface area contributed by atoms with Gasteiger partial charge in [-0.1, -0.05) is 24.3 Å². The lowest BCUT2D eigenvalue weighted by Gasteiger charge is -2.31. The molecular weight excluding hydrogens is 302 g/mol. The maximum atomic E-state index is 12.9. The number of hydrogen-bond acceptors (Lipinski definition) is 3. The fourth-order valence-electron chi connectivity index (χ4n) is 3.07. The van der Waals surface area contributed by atoms with Crippen molar-refractivity contribution in [3.8, 4) is 11.5 Å². The zero-order valence-electron chi connectivity index (χ0n) is 14.3. The van der Waals surface area contributed by atoms with Crippen molar-refractivity contribution < 1.29 is 14.3 Å². The first kappa shape index (κ1) is 16.1. The van der Waals surface area contributed by atoms with Crippen LogP contribution in [0.3, 0.4) is 0 Å². The molecule has 0 aliphatic carbocycles. The predicted octanol–water partition coefficient (Wildman–Crippen LogP) is 3.68. The SMILES string of the molecule is C=C1c2cc(OC)c(OC)cc2CCN1C(=O)c1cccc(C)c1. The predicted molar refractivity (Wildman–Crippen MR) is 94.5 cm³/mol. The molecule has 0 unspecified atom stereocenters. The summed E-state index contributed by atoms with van der Waals surface area (Å²) in [5.74, 6) is 1.31. The molecule has 0 aromatic heterocycles. The van der Waals surface area contributed by atoms with Gasteiger partial charge in [0, 0.05) is 23.4 Å². The van der Waals surface area contributed by atoms with Crippen molar-refractivity contribution in [1.82, 2.24) is 4.90 Å². The number of hydrogen-bond donors (Lipinski definition) is 0. The second-order valence-corrected chi connectivity index (χ2v) is 5.89. The molecule has 1 amide bonds. The summed E-state index contributed by atoms with van der Waals surface area (Å²) in [6.07, 6.45) is 0.756. The lowest BCUT2D eigenvalue weighted by atomic mass is 9.95. The summed E-state index contributed by atoms with van der Waals surface area (Å²) >= 11 is 0. The van der Waals surface area contributed by atoms with Gasteiger partial charge in [0.1, 0.15) is 0 Å². The van der Waals surface area contributed by atoms with Gasteiger partial charge in [-0.25, -0.2) is 0 Å². The summed E-state index contributed by atoms with van der Waals surface area (Å²) in [5, 5.41) is 0. The highest BCUT2D eigenvalue weighted by Crippen LogP contribution is 2.37. The Hall–Kier alpha value is -2.75. The standard InChI is InChI=1S/C20H21NO3/c1-13-6-5-7-16(10-13)20(22)21-9-8-15-11-18(23-3)19(24-4)12-17(15)14(21)2/h5-7,10-12H,2,8-9H2,1,3-4H3. The minimum absolute atomic E-state index is 0.0239. The van der Waals surface area contributed by atoms with Gasteiger partial charge in [0.05, 0.1) is 14.2 Å². The third kappa shape index (κ3) is 2.75. The van der Waals surface area contributed by atoms with Gasteiger partial charge in [-0.15, -0.1) is 0 Å². The van der Waals surface area contributed by atoms with Crippen LogP contribution in [0, 0.1) is 6.92 Å². The Labute approximate surface area is 142 Å². The molecule has 2 aromatic rings. The monoisotopic (exact) mass is 323 g/mol. The van der Waals surface area contributed by atoms with E-state index in [1.807, 2.05) is 43.3 Å². The van der Waals surface area contributed by atoms with Gasteiger partial charge in [-0.2, -0.15) is 0 Å². The number of fused-ring (bicyclic) bond motifs is 1. The Balaban J connectivity index is 1.96. The fourth-order valence-corrected chi connectivity index (χ4v) is 3.07. The number of methoxy groups -OCH3 is 2. The van der Waals surface area contributed by atoms with Crippen molar-refractivity contribution in [2.24, 2.45) is 0 Å². The molecule has 0 radical (unpaired) electrons. The maximum Gasteiger partial charge on any atom is 0.258 e. The summed E-state index contributed by atoms with van der Waals surface area (Å²) in [7, 11) is 3.22. The van der Waals surface area contributed by atoms with Crippen LogP contribution in [0.2, 0.25) is 0 Å². The number of amides is 1. The molecule has 4 heteroatoms. The second-order valence-electron chi connectivity index (χ2n) is 5.89. The Kier molecular flexibility index (Phi) is 4.30. The van der Waals surface area contributed by atoms with Crippen LogP contribution in [-0.2, 0) is 6.42 Å². The maximum absolute atomic E-state index is 12.9. The van der Waals surface area contributed by atoms with Crippen LogP contribution in [0.5, 0.6) is 11.5 Å². The van der Waals surface area contributed by atoms with E-state index < -0.39 is 0 Å². The Morgan fingerprint density at radius 1 is 1.12 bits per heavy atom. The third-order valence-electron chi connectivity index (χ3n) is 4.36. The molecule has 0 saturated heterocycles. The minimum Gasteiger partial charge on any atom is -0.493 e. The highest BCUT2D eigenvalue weighted by atomic mass is 16.5. The number of aryl methyl sites for hydroxylation is 1. The lowest BCUT2D eigenvalue weighted by molar-refractivity contribution is 0.0833. The molecule has 1 aliphatic rings. The molecule has 0 N–H and O–H groups in total. The molecule has 0 saturated carbocycles. The van der Waals surface area contributed by atoms with Gasteiger partial charge in [0.15, 0.2) is 11.5 Å². The topological polar surface area (TPSA) is 38.8 Å². The molecular formula is C20H21NO3. The number of carbonyl (C=O) groups excluding carboxylic acids is 1. The molecule has 0 atom stereocenters. The quantitative estimate of drug-likeness (QED) is 0.865. The van der Waals surface area contributed by atoms with E-state index >= 15 is 0 Å². The zero-order valence-corrected chi connectivity index (χ0v) is 14.3. The van der Waals surface area contributed by atoms with Crippen LogP contribution in [0.1, 0.15) is 27.0 Å². The second kappa shape index (κ2) is 6.40. The van der Waals surface area contributed by atoms with Crippen LogP contribution < -0.4 is 9.47 Å². The summed E-state index contributed by atoms with van der Waals surface area (Å²) in [5.41, 5.74) is 4.49. The van der Waals surface area contributed by atoms with E-state index in [2.05, 4.69) is 6.58 Å². The van der Waals surface area contributed by atoms with Crippen LogP contribution in [0.4, 0.5) is 0 Å². The van der Waals surface area contributed by atoms with Gasteiger partial charge >= 0.3 is 0 Å². The Bertz CT molecular complexity index is 811. The van der Waals surface area contributed by atoms with Gasteiger partial charge in [0.2, 0.25) is 0 Å². The largest absolute Gasteiger partial charge is 0.493 e. The van der Waals surface area contributed by atoms with E-state index in [0.29, 0.717) is 29.3 Å². The van der Waals surface area contributed by atoms with Gasteiger partial charge < -0.3 is 14.4 Å². The van der Waals surface area contributed by atoms with Crippen molar-refractivity contribution in [2.75, 3.05) is 20.8 Å². The lowest BCUT2D eigenvalue weighted by Crippen LogP contribution is -2.34. The van der Waals surface area contributed by atoms with Crippen LogP contribution >= 0.6 is 0 Å². The average Bonchev–Trinajstić information content (AvgIpc) is 2.60. The van der Waals surface area contributed by atoms with E-state index in [4.69, 9.17) is 9.47 Å². The van der Waals surface area contributed by atoms with E-state index in [-0.39, 0.29) is 5.91 Å². The molecule has 0 bridgehead atoms.